The van der Waals surface area contributed by atoms with Crippen molar-refractivity contribution in [3.63, 3.8) is 0 Å². The molecule has 24 heavy (non-hydrogen) atoms. The van der Waals surface area contributed by atoms with Gasteiger partial charge in [0, 0.05) is 6.61 Å². The maximum Gasteiger partial charge on any atom is 0.431 e. The summed E-state index contributed by atoms with van der Waals surface area (Å²) in [6.45, 7) is 5.19. The Bertz CT molecular complexity index is 512. The van der Waals surface area contributed by atoms with Crippen molar-refractivity contribution in [1.29, 1.82) is 0 Å². The molecule has 0 fully saturated rings. The highest BCUT2D eigenvalue weighted by atomic mass is 16.7. The van der Waals surface area contributed by atoms with E-state index in [1.807, 2.05) is 30.3 Å². The Kier molecular flexibility index (Phi) is 8.21. The van der Waals surface area contributed by atoms with Crippen LogP contribution in [-0.2, 0) is 25.7 Å². The smallest absolute Gasteiger partial charge is 0.431 e. The highest BCUT2D eigenvalue weighted by Gasteiger charge is 2.26. The van der Waals surface area contributed by atoms with Gasteiger partial charge in [-0.1, -0.05) is 30.3 Å². The number of nitrogens with one attached hydrogen (secondary N) is 1. The first-order valence-corrected chi connectivity index (χ1v) is 7.78. The molecule has 1 aromatic rings. The summed E-state index contributed by atoms with van der Waals surface area (Å²) >= 11 is 0. The Morgan fingerprint density at radius 1 is 1.21 bits per heavy atom. The molecule has 0 spiro atoms. The Labute approximate surface area is 141 Å². The summed E-state index contributed by atoms with van der Waals surface area (Å²) < 4.78 is 10.2. The van der Waals surface area contributed by atoms with Gasteiger partial charge in [0.25, 0.3) is 0 Å². The Morgan fingerprint density at radius 3 is 2.46 bits per heavy atom. The van der Waals surface area contributed by atoms with Gasteiger partial charge in [0.05, 0.1) is 0 Å². The van der Waals surface area contributed by atoms with E-state index < -0.39 is 23.8 Å². The van der Waals surface area contributed by atoms with E-state index in [2.05, 4.69) is 5.48 Å². The van der Waals surface area contributed by atoms with Gasteiger partial charge in [0.1, 0.15) is 12.2 Å². The summed E-state index contributed by atoms with van der Waals surface area (Å²) in [7, 11) is 0. The Hall–Kier alpha value is -2.12. The maximum atomic E-state index is 12.0. The molecule has 0 aromatic heterocycles. The fraction of sp³-hybridized carbons (Fsp3) is 0.529. The molecule has 0 saturated carbocycles. The minimum atomic E-state index is -1.01. The minimum Gasteiger partial charge on any atom is -0.458 e. The number of carbonyl (C=O) groups excluding carboxylic acids is 2. The first-order valence-electron chi connectivity index (χ1n) is 7.78. The standard InChI is InChI=1S/C17H25NO6/c1-17(2,3)23-15(20)14(10-7-11-19)24-18-16(21)22-12-13-8-5-4-6-9-13/h4-6,8-9,14,19H,7,10-12H2,1-3H3,(H,18,21)/t14-/m1/s1. The zero-order chi connectivity index (χ0) is 18.0. The molecule has 7 nitrogen and oxygen atoms in total. The van der Waals surface area contributed by atoms with Crippen LogP contribution in [0.5, 0.6) is 0 Å². The van der Waals surface area contributed by atoms with Crippen molar-refractivity contribution in [2.75, 3.05) is 6.61 Å². The second-order valence-electron chi connectivity index (χ2n) is 6.17. The average molecular weight is 339 g/mol. The van der Waals surface area contributed by atoms with Crippen molar-refractivity contribution < 1.29 is 29.0 Å². The van der Waals surface area contributed by atoms with Crippen molar-refractivity contribution in [2.45, 2.75) is 51.9 Å². The molecular weight excluding hydrogens is 314 g/mol. The van der Waals surface area contributed by atoms with Crippen LogP contribution in [0.1, 0.15) is 39.2 Å². The third-order valence-corrected chi connectivity index (χ3v) is 2.79. The van der Waals surface area contributed by atoms with E-state index >= 15 is 0 Å². The molecule has 2 N–H and O–H groups in total. The number of hydrogen-bond acceptors (Lipinski definition) is 6. The van der Waals surface area contributed by atoms with E-state index in [1.165, 1.54) is 0 Å². The predicted molar refractivity (Wildman–Crippen MR) is 86.8 cm³/mol. The summed E-state index contributed by atoms with van der Waals surface area (Å²) in [5, 5.41) is 8.90. The highest BCUT2D eigenvalue weighted by Crippen LogP contribution is 2.12. The SMILES string of the molecule is CC(C)(C)OC(=O)[C@@H](CCCO)ONC(=O)OCc1ccccc1. The van der Waals surface area contributed by atoms with Crippen LogP contribution in [0.3, 0.4) is 0 Å². The summed E-state index contributed by atoms with van der Waals surface area (Å²) in [6, 6.07) is 9.16. The van der Waals surface area contributed by atoms with E-state index in [9.17, 15) is 9.59 Å². The van der Waals surface area contributed by atoms with Crippen molar-refractivity contribution >= 4 is 12.1 Å². The number of amides is 1. The van der Waals surface area contributed by atoms with Crippen LogP contribution in [0.15, 0.2) is 30.3 Å². The van der Waals surface area contributed by atoms with E-state index in [0.29, 0.717) is 6.42 Å². The molecule has 0 aliphatic heterocycles. The number of ether oxygens (including phenoxy) is 2. The Balaban J connectivity index is 2.45. The topological polar surface area (TPSA) is 94.1 Å². The number of rotatable bonds is 8. The van der Waals surface area contributed by atoms with Gasteiger partial charge in [-0.25, -0.2) is 9.59 Å². The zero-order valence-electron chi connectivity index (χ0n) is 14.3. The molecule has 0 aliphatic rings. The lowest BCUT2D eigenvalue weighted by Gasteiger charge is -2.23. The van der Waals surface area contributed by atoms with Gasteiger partial charge in [0.2, 0.25) is 0 Å². The number of aliphatic hydroxyl groups is 1. The third-order valence-electron chi connectivity index (χ3n) is 2.79. The molecule has 1 aromatic carbocycles. The van der Waals surface area contributed by atoms with Crippen LogP contribution in [0.2, 0.25) is 0 Å². The van der Waals surface area contributed by atoms with E-state index in [-0.39, 0.29) is 19.6 Å². The number of carbonyl (C=O) groups is 2. The van der Waals surface area contributed by atoms with Crippen LogP contribution in [0.4, 0.5) is 4.79 Å². The van der Waals surface area contributed by atoms with Gasteiger partial charge >= 0.3 is 12.1 Å². The lowest BCUT2D eigenvalue weighted by atomic mass is 10.1. The van der Waals surface area contributed by atoms with Crippen molar-refractivity contribution in [2.24, 2.45) is 0 Å². The summed E-state index contributed by atoms with van der Waals surface area (Å²) in [5.41, 5.74) is 2.24. The van der Waals surface area contributed by atoms with Gasteiger partial charge in [-0.3, -0.25) is 4.84 Å². The van der Waals surface area contributed by atoms with Gasteiger partial charge < -0.3 is 14.6 Å². The highest BCUT2D eigenvalue weighted by molar-refractivity contribution is 5.75. The number of hydroxylamine groups is 1. The van der Waals surface area contributed by atoms with Crippen LogP contribution >= 0.6 is 0 Å². The van der Waals surface area contributed by atoms with Crippen LogP contribution < -0.4 is 5.48 Å². The number of esters is 1. The van der Waals surface area contributed by atoms with Crippen LogP contribution in [-0.4, -0.2) is 35.5 Å². The van der Waals surface area contributed by atoms with Gasteiger partial charge in [-0.05, 0) is 39.2 Å². The van der Waals surface area contributed by atoms with E-state index in [1.54, 1.807) is 20.8 Å². The maximum absolute atomic E-state index is 12.0. The fourth-order valence-electron chi connectivity index (χ4n) is 1.74. The zero-order valence-corrected chi connectivity index (χ0v) is 14.3. The normalized spacial score (nSPS) is 12.3. The quantitative estimate of drug-likeness (QED) is 0.558. The monoisotopic (exact) mass is 339 g/mol. The van der Waals surface area contributed by atoms with E-state index in [0.717, 1.165) is 5.56 Å². The number of aliphatic hydroxyl groups excluding tert-OH is 1. The molecule has 0 radical (unpaired) electrons. The van der Waals surface area contributed by atoms with Crippen molar-refractivity contribution in [3.05, 3.63) is 35.9 Å². The van der Waals surface area contributed by atoms with Crippen molar-refractivity contribution in [1.82, 2.24) is 5.48 Å². The number of hydrogen-bond donors (Lipinski definition) is 2. The molecule has 0 heterocycles. The second kappa shape index (κ2) is 9.89. The van der Waals surface area contributed by atoms with Gasteiger partial charge in [-0.15, -0.1) is 0 Å². The molecule has 0 aliphatic carbocycles. The van der Waals surface area contributed by atoms with E-state index in [4.69, 9.17) is 19.4 Å². The predicted octanol–water partition coefficient (Wildman–Crippen LogP) is 2.33. The molecule has 1 rings (SSSR count). The molecule has 0 bridgehead atoms. The lowest BCUT2D eigenvalue weighted by Crippen LogP contribution is -2.38. The summed E-state index contributed by atoms with van der Waals surface area (Å²) in [5.74, 6) is -0.612. The molecule has 1 amide bonds. The molecule has 1 atom stereocenters. The molecule has 0 saturated heterocycles. The minimum absolute atomic E-state index is 0.0871. The third kappa shape index (κ3) is 8.50. The number of benzene rings is 1. The molecule has 134 valence electrons. The first kappa shape index (κ1) is 19.9. The first-order chi connectivity index (χ1) is 11.3. The fourth-order valence-corrected chi connectivity index (χ4v) is 1.74. The molecule has 7 heteroatoms. The van der Waals surface area contributed by atoms with Crippen LogP contribution in [0, 0.1) is 0 Å². The Morgan fingerprint density at radius 2 is 1.88 bits per heavy atom. The average Bonchev–Trinajstić information content (AvgIpc) is 2.52. The second-order valence-corrected chi connectivity index (χ2v) is 6.17. The molecular formula is C17H25NO6. The molecule has 0 unspecified atom stereocenters. The van der Waals surface area contributed by atoms with Gasteiger partial charge in [0.15, 0.2) is 6.10 Å². The van der Waals surface area contributed by atoms with Crippen LogP contribution in [0.25, 0.3) is 0 Å². The van der Waals surface area contributed by atoms with Crippen molar-refractivity contribution in [3.8, 4) is 0 Å². The largest absolute Gasteiger partial charge is 0.458 e. The van der Waals surface area contributed by atoms with Gasteiger partial charge in [-0.2, -0.15) is 5.48 Å². The summed E-state index contributed by atoms with van der Waals surface area (Å²) in [6.07, 6.45) is -1.27. The lowest BCUT2D eigenvalue weighted by molar-refractivity contribution is -0.173. The summed E-state index contributed by atoms with van der Waals surface area (Å²) in [4.78, 5) is 28.8.